The molecule has 0 aliphatic carbocycles. The molecule has 18 heavy (non-hydrogen) atoms. The number of rotatable bonds is 4. The van der Waals surface area contributed by atoms with Crippen molar-refractivity contribution in [2.24, 2.45) is 5.16 Å². The highest BCUT2D eigenvalue weighted by Gasteiger charge is 2.01. The summed E-state index contributed by atoms with van der Waals surface area (Å²) in [6.45, 7) is 2.40. The summed E-state index contributed by atoms with van der Waals surface area (Å²) in [5.74, 6) is 0.562. The molecular formula is C14H14N2O2. The number of ether oxygens (including phenoxy) is 1. The van der Waals surface area contributed by atoms with Gasteiger partial charge in [-0.3, -0.25) is 0 Å². The third-order valence-electron chi connectivity index (χ3n) is 2.55. The third kappa shape index (κ3) is 3.07. The third-order valence-corrected chi connectivity index (χ3v) is 2.55. The van der Waals surface area contributed by atoms with E-state index in [0.717, 1.165) is 16.7 Å². The average molecular weight is 242 g/mol. The van der Waals surface area contributed by atoms with E-state index in [-0.39, 0.29) is 0 Å². The molecule has 0 aliphatic heterocycles. The molecule has 0 amide bonds. The van der Waals surface area contributed by atoms with E-state index in [9.17, 15) is 0 Å². The maximum Gasteiger partial charge on any atom is 0.213 e. The first kappa shape index (κ1) is 12.1. The summed E-state index contributed by atoms with van der Waals surface area (Å²) in [4.78, 5) is 4.15. The van der Waals surface area contributed by atoms with Crippen molar-refractivity contribution >= 4 is 6.21 Å². The lowest BCUT2D eigenvalue weighted by Gasteiger charge is -2.07. The van der Waals surface area contributed by atoms with Gasteiger partial charge in [-0.15, -0.1) is 0 Å². The number of pyridine rings is 1. The molecule has 1 N–H and O–H groups in total. The molecular weight excluding hydrogens is 228 g/mol. The lowest BCUT2D eigenvalue weighted by molar-refractivity contribution is 0.293. The Balaban J connectivity index is 2.04. The van der Waals surface area contributed by atoms with Crippen LogP contribution in [0.25, 0.3) is 0 Å². The first-order valence-corrected chi connectivity index (χ1v) is 5.60. The number of aryl methyl sites for hydroxylation is 1. The summed E-state index contributed by atoms with van der Waals surface area (Å²) in [5, 5.41) is 11.5. The van der Waals surface area contributed by atoms with Crippen LogP contribution in [0.4, 0.5) is 0 Å². The number of nitrogens with zero attached hydrogens (tertiary/aromatic N) is 2. The average Bonchev–Trinajstić information content (AvgIpc) is 2.41. The predicted molar refractivity (Wildman–Crippen MR) is 69.1 cm³/mol. The van der Waals surface area contributed by atoms with Gasteiger partial charge in [0.1, 0.15) is 6.61 Å². The van der Waals surface area contributed by atoms with Crippen LogP contribution in [0.2, 0.25) is 0 Å². The minimum Gasteiger partial charge on any atom is -0.473 e. The molecule has 0 saturated heterocycles. The number of hydrogen-bond acceptors (Lipinski definition) is 4. The van der Waals surface area contributed by atoms with E-state index < -0.39 is 0 Å². The summed E-state index contributed by atoms with van der Waals surface area (Å²) < 4.78 is 5.59. The topological polar surface area (TPSA) is 54.7 Å². The van der Waals surface area contributed by atoms with Crippen LogP contribution in [0, 0.1) is 6.92 Å². The van der Waals surface area contributed by atoms with Gasteiger partial charge in [-0.25, -0.2) is 4.98 Å². The van der Waals surface area contributed by atoms with Crippen LogP contribution in [0.3, 0.4) is 0 Å². The maximum atomic E-state index is 8.48. The van der Waals surface area contributed by atoms with Crippen LogP contribution < -0.4 is 4.74 Å². The monoisotopic (exact) mass is 242 g/mol. The zero-order valence-corrected chi connectivity index (χ0v) is 10.1. The Morgan fingerprint density at radius 3 is 2.78 bits per heavy atom. The van der Waals surface area contributed by atoms with E-state index in [1.54, 1.807) is 6.20 Å². The molecule has 0 bridgehead atoms. The number of benzene rings is 1. The number of aromatic nitrogens is 1. The molecule has 0 fully saturated rings. The molecule has 1 aromatic carbocycles. The van der Waals surface area contributed by atoms with E-state index in [2.05, 4.69) is 10.1 Å². The Labute approximate surface area is 106 Å². The molecule has 0 unspecified atom stereocenters. The van der Waals surface area contributed by atoms with E-state index in [0.29, 0.717) is 12.5 Å². The Hall–Kier alpha value is -2.36. The fraction of sp³-hybridized carbons (Fsp3) is 0.143. The van der Waals surface area contributed by atoms with E-state index in [1.165, 1.54) is 6.21 Å². The molecule has 4 heteroatoms. The molecule has 92 valence electrons. The highest BCUT2D eigenvalue weighted by molar-refractivity contribution is 5.80. The Morgan fingerprint density at radius 1 is 1.33 bits per heavy atom. The van der Waals surface area contributed by atoms with Crippen LogP contribution in [0.5, 0.6) is 5.88 Å². The second kappa shape index (κ2) is 5.82. The highest BCUT2D eigenvalue weighted by atomic mass is 16.5. The van der Waals surface area contributed by atoms with Crippen LogP contribution in [0.15, 0.2) is 47.8 Å². The second-order valence-corrected chi connectivity index (χ2v) is 3.90. The zero-order chi connectivity index (χ0) is 12.8. The van der Waals surface area contributed by atoms with Gasteiger partial charge in [0.2, 0.25) is 5.88 Å². The second-order valence-electron chi connectivity index (χ2n) is 3.90. The first-order chi connectivity index (χ1) is 8.79. The summed E-state index contributed by atoms with van der Waals surface area (Å²) in [5.41, 5.74) is 2.81. The van der Waals surface area contributed by atoms with E-state index in [4.69, 9.17) is 9.94 Å². The lowest BCUT2D eigenvalue weighted by Crippen LogP contribution is -1.99. The zero-order valence-electron chi connectivity index (χ0n) is 10.1. The Kier molecular flexibility index (Phi) is 3.91. The first-order valence-electron chi connectivity index (χ1n) is 5.60. The Bertz CT molecular complexity index is 539. The summed E-state index contributed by atoms with van der Waals surface area (Å²) >= 11 is 0. The van der Waals surface area contributed by atoms with Crippen molar-refractivity contribution in [3.05, 3.63) is 59.3 Å². The predicted octanol–water partition coefficient (Wildman–Crippen LogP) is 2.78. The molecule has 0 aliphatic rings. The molecule has 1 aromatic heterocycles. The van der Waals surface area contributed by atoms with Crippen molar-refractivity contribution in [3.63, 3.8) is 0 Å². The van der Waals surface area contributed by atoms with E-state index in [1.807, 2.05) is 43.3 Å². The molecule has 0 radical (unpaired) electrons. The van der Waals surface area contributed by atoms with Gasteiger partial charge in [0, 0.05) is 17.8 Å². The maximum absolute atomic E-state index is 8.48. The fourth-order valence-corrected chi connectivity index (χ4v) is 1.55. The van der Waals surface area contributed by atoms with Crippen molar-refractivity contribution in [3.8, 4) is 5.88 Å². The lowest BCUT2D eigenvalue weighted by atomic mass is 10.2. The van der Waals surface area contributed by atoms with Gasteiger partial charge in [-0.05, 0) is 18.1 Å². The van der Waals surface area contributed by atoms with Crippen LogP contribution in [0.1, 0.15) is 16.7 Å². The van der Waals surface area contributed by atoms with E-state index >= 15 is 0 Å². The minimum atomic E-state index is 0.487. The molecule has 2 aromatic rings. The minimum absolute atomic E-state index is 0.487. The summed E-state index contributed by atoms with van der Waals surface area (Å²) in [6, 6.07) is 11.7. The van der Waals surface area contributed by atoms with Crippen LogP contribution in [-0.2, 0) is 6.61 Å². The SMILES string of the molecule is Cc1cc(OCc2ccccc2)ncc1C=NO. The molecule has 0 saturated carbocycles. The standard InChI is InChI=1S/C14H14N2O2/c1-11-7-14(15-8-13(11)9-16-17)18-10-12-5-3-2-4-6-12/h2-9,17H,10H2,1H3. The van der Waals surface area contributed by atoms with Gasteiger partial charge in [-0.2, -0.15) is 0 Å². The summed E-state index contributed by atoms with van der Waals surface area (Å²) in [7, 11) is 0. The van der Waals surface area contributed by atoms with Gasteiger partial charge >= 0.3 is 0 Å². The molecule has 2 rings (SSSR count). The number of oxime groups is 1. The molecule has 1 heterocycles. The van der Waals surface area contributed by atoms with Gasteiger partial charge in [0.25, 0.3) is 0 Å². The quantitative estimate of drug-likeness (QED) is 0.509. The smallest absolute Gasteiger partial charge is 0.213 e. The van der Waals surface area contributed by atoms with Gasteiger partial charge in [-0.1, -0.05) is 35.5 Å². The van der Waals surface area contributed by atoms with Crippen molar-refractivity contribution in [1.29, 1.82) is 0 Å². The Morgan fingerprint density at radius 2 is 2.11 bits per heavy atom. The molecule has 4 nitrogen and oxygen atoms in total. The van der Waals surface area contributed by atoms with Crippen LogP contribution >= 0.6 is 0 Å². The van der Waals surface area contributed by atoms with Crippen molar-refractivity contribution in [2.45, 2.75) is 13.5 Å². The van der Waals surface area contributed by atoms with Gasteiger partial charge in [0.15, 0.2) is 0 Å². The van der Waals surface area contributed by atoms with Crippen molar-refractivity contribution < 1.29 is 9.94 Å². The summed E-state index contributed by atoms with van der Waals surface area (Å²) in [6.07, 6.45) is 2.97. The van der Waals surface area contributed by atoms with Crippen LogP contribution in [-0.4, -0.2) is 16.4 Å². The molecule has 0 spiro atoms. The fourth-order valence-electron chi connectivity index (χ4n) is 1.55. The normalized spacial score (nSPS) is 10.7. The molecule has 0 atom stereocenters. The number of hydrogen-bond donors (Lipinski definition) is 1. The van der Waals surface area contributed by atoms with Crippen molar-refractivity contribution in [1.82, 2.24) is 4.98 Å². The highest BCUT2D eigenvalue weighted by Crippen LogP contribution is 2.14. The largest absolute Gasteiger partial charge is 0.473 e. The van der Waals surface area contributed by atoms with Crippen molar-refractivity contribution in [2.75, 3.05) is 0 Å². The van der Waals surface area contributed by atoms with Gasteiger partial charge < -0.3 is 9.94 Å². The van der Waals surface area contributed by atoms with Gasteiger partial charge in [0.05, 0.1) is 6.21 Å².